The lowest BCUT2D eigenvalue weighted by molar-refractivity contribution is 0.230. The van der Waals surface area contributed by atoms with Crippen molar-refractivity contribution in [1.29, 1.82) is 0 Å². The predicted molar refractivity (Wildman–Crippen MR) is 52.0 cm³/mol. The maximum atomic E-state index is 12.0. The summed E-state index contributed by atoms with van der Waals surface area (Å²) < 4.78 is 47.5. The third-order valence-electron chi connectivity index (χ3n) is 1.78. The molecular formula is C7H14ClF2NO2S. The Kier molecular flexibility index (Phi) is 5.85. The standard InChI is InChI=1S/C7H14ClF2NO2S/c1-5(2)6(3-4-8)11-14(12,13)7(9)10/h5-7,11H,3-4H2,1-2H3. The fourth-order valence-electron chi connectivity index (χ4n) is 0.908. The largest absolute Gasteiger partial charge is 0.350 e. The van der Waals surface area contributed by atoms with Crippen molar-refractivity contribution in [3.63, 3.8) is 0 Å². The van der Waals surface area contributed by atoms with Crippen molar-refractivity contribution >= 4 is 21.6 Å². The van der Waals surface area contributed by atoms with Gasteiger partial charge in [-0.2, -0.15) is 8.78 Å². The second-order valence-corrected chi connectivity index (χ2v) is 5.31. The second kappa shape index (κ2) is 5.82. The van der Waals surface area contributed by atoms with Gasteiger partial charge in [0, 0.05) is 11.9 Å². The van der Waals surface area contributed by atoms with Gasteiger partial charge >= 0.3 is 5.76 Å². The van der Waals surface area contributed by atoms with Gasteiger partial charge in [0.05, 0.1) is 0 Å². The van der Waals surface area contributed by atoms with Gasteiger partial charge in [-0.1, -0.05) is 13.8 Å². The Morgan fingerprint density at radius 2 is 1.86 bits per heavy atom. The van der Waals surface area contributed by atoms with Crippen LogP contribution < -0.4 is 4.72 Å². The smallest absolute Gasteiger partial charge is 0.207 e. The fraction of sp³-hybridized carbons (Fsp3) is 1.00. The van der Waals surface area contributed by atoms with Gasteiger partial charge < -0.3 is 0 Å². The zero-order valence-electron chi connectivity index (χ0n) is 8.00. The highest BCUT2D eigenvalue weighted by Gasteiger charge is 2.28. The van der Waals surface area contributed by atoms with Gasteiger partial charge in [-0.15, -0.1) is 11.6 Å². The summed E-state index contributed by atoms with van der Waals surface area (Å²) in [6.45, 7) is 3.48. The van der Waals surface area contributed by atoms with Crippen molar-refractivity contribution in [2.24, 2.45) is 5.92 Å². The first-order valence-electron chi connectivity index (χ1n) is 4.16. The van der Waals surface area contributed by atoms with Gasteiger partial charge in [0.15, 0.2) is 0 Å². The van der Waals surface area contributed by atoms with Crippen molar-refractivity contribution < 1.29 is 17.2 Å². The summed E-state index contributed by atoms with van der Waals surface area (Å²) in [5, 5.41) is 0. The van der Waals surface area contributed by atoms with Crippen LogP contribution in [0.5, 0.6) is 0 Å². The van der Waals surface area contributed by atoms with Gasteiger partial charge in [-0.25, -0.2) is 13.1 Å². The molecule has 0 aromatic heterocycles. The second-order valence-electron chi connectivity index (χ2n) is 3.25. The molecular weight excluding hydrogens is 236 g/mol. The van der Waals surface area contributed by atoms with E-state index in [2.05, 4.69) is 0 Å². The molecule has 3 nitrogen and oxygen atoms in total. The van der Waals surface area contributed by atoms with E-state index >= 15 is 0 Å². The van der Waals surface area contributed by atoms with Crippen LogP contribution in [-0.4, -0.2) is 26.1 Å². The first-order chi connectivity index (χ1) is 6.31. The molecule has 0 heterocycles. The lowest BCUT2D eigenvalue weighted by atomic mass is 10.0. The monoisotopic (exact) mass is 249 g/mol. The molecule has 1 atom stereocenters. The Morgan fingerprint density at radius 3 is 2.14 bits per heavy atom. The fourth-order valence-corrected chi connectivity index (χ4v) is 2.06. The third kappa shape index (κ3) is 4.52. The highest BCUT2D eigenvalue weighted by molar-refractivity contribution is 7.89. The summed E-state index contributed by atoms with van der Waals surface area (Å²) in [6, 6.07) is -0.536. The van der Waals surface area contributed by atoms with Crippen LogP contribution in [0.1, 0.15) is 20.3 Å². The van der Waals surface area contributed by atoms with Gasteiger partial charge in [-0.3, -0.25) is 0 Å². The highest BCUT2D eigenvalue weighted by Crippen LogP contribution is 2.11. The predicted octanol–water partition coefficient (Wildman–Crippen LogP) is 1.78. The van der Waals surface area contributed by atoms with E-state index in [1.54, 1.807) is 13.8 Å². The van der Waals surface area contributed by atoms with E-state index in [1.807, 2.05) is 4.72 Å². The maximum Gasteiger partial charge on any atom is 0.350 e. The molecule has 86 valence electrons. The Labute approximate surface area is 87.9 Å². The van der Waals surface area contributed by atoms with E-state index in [9.17, 15) is 17.2 Å². The van der Waals surface area contributed by atoms with Crippen LogP contribution in [0, 0.1) is 5.92 Å². The van der Waals surface area contributed by atoms with Gasteiger partial charge in [0.1, 0.15) is 0 Å². The molecule has 0 saturated heterocycles. The van der Waals surface area contributed by atoms with Crippen molar-refractivity contribution in [3.05, 3.63) is 0 Å². The van der Waals surface area contributed by atoms with E-state index in [0.717, 1.165) is 0 Å². The van der Waals surface area contributed by atoms with Crippen LogP contribution in [-0.2, 0) is 10.0 Å². The molecule has 0 aliphatic heterocycles. The van der Waals surface area contributed by atoms with Gasteiger partial charge in [0.25, 0.3) is 10.0 Å². The van der Waals surface area contributed by atoms with Crippen LogP contribution in [0.3, 0.4) is 0 Å². The molecule has 1 N–H and O–H groups in total. The number of hydrogen-bond donors (Lipinski definition) is 1. The molecule has 0 bridgehead atoms. The van der Waals surface area contributed by atoms with Crippen LogP contribution in [0.2, 0.25) is 0 Å². The number of halogens is 3. The van der Waals surface area contributed by atoms with Crippen molar-refractivity contribution in [1.82, 2.24) is 4.72 Å². The minimum absolute atomic E-state index is 0.0673. The molecule has 0 aromatic rings. The first-order valence-corrected chi connectivity index (χ1v) is 6.24. The first kappa shape index (κ1) is 14.1. The van der Waals surface area contributed by atoms with Gasteiger partial charge in [0.2, 0.25) is 0 Å². The summed E-state index contributed by atoms with van der Waals surface area (Å²) in [7, 11) is -4.51. The summed E-state index contributed by atoms with van der Waals surface area (Å²) in [4.78, 5) is 0. The molecule has 0 fully saturated rings. The van der Waals surface area contributed by atoms with Crippen molar-refractivity contribution in [2.75, 3.05) is 5.88 Å². The highest BCUT2D eigenvalue weighted by atomic mass is 35.5. The lowest BCUT2D eigenvalue weighted by Crippen LogP contribution is -2.41. The molecule has 7 heteroatoms. The third-order valence-corrected chi connectivity index (χ3v) is 3.09. The molecule has 0 aliphatic carbocycles. The van der Waals surface area contributed by atoms with E-state index in [-0.39, 0.29) is 11.8 Å². The number of alkyl halides is 3. The minimum Gasteiger partial charge on any atom is -0.207 e. The normalized spacial score (nSPS) is 15.1. The average molecular weight is 250 g/mol. The van der Waals surface area contributed by atoms with Gasteiger partial charge in [-0.05, 0) is 12.3 Å². The topological polar surface area (TPSA) is 46.2 Å². The van der Waals surface area contributed by atoms with Crippen LogP contribution >= 0.6 is 11.6 Å². The van der Waals surface area contributed by atoms with Crippen molar-refractivity contribution in [3.8, 4) is 0 Å². The van der Waals surface area contributed by atoms with E-state index in [0.29, 0.717) is 6.42 Å². The quantitative estimate of drug-likeness (QED) is 0.730. The van der Waals surface area contributed by atoms with E-state index in [1.165, 1.54) is 0 Å². The average Bonchev–Trinajstić information content (AvgIpc) is 2.02. The molecule has 14 heavy (non-hydrogen) atoms. The maximum absolute atomic E-state index is 12.0. The number of nitrogens with one attached hydrogen (secondary N) is 1. The van der Waals surface area contributed by atoms with Crippen LogP contribution in [0.25, 0.3) is 0 Å². The zero-order valence-corrected chi connectivity index (χ0v) is 9.58. The molecule has 0 aliphatic rings. The number of sulfonamides is 1. The summed E-state index contributed by atoms with van der Waals surface area (Å²) in [5.74, 6) is -3.23. The van der Waals surface area contributed by atoms with Crippen molar-refractivity contribution in [2.45, 2.75) is 32.1 Å². The number of hydrogen-bond acceptors (Lipinski definition) is 2. The van der Waals surface area contributed by atoms with E-state index < -0.39 is 21.8 Å². The summed E-state index contributed by atoms with van der Waals surface area (Å²) >= 11 is 5.43. The molecule has 0 rings (SSSR count). The molecule has 0 aromatic carbocycles. The minimum atomic E-state index is -4.51. The number of rotatable bonds is 6. The molecule has 0 saturated carbocycles. The Morgan fingerprint density at radius 1 is 1.36 bits per heavy atom. The molecule has 1 unspecified atom stereocenters. The summed E-state index contributed by atoms with van der Waals surface area (Å²) in [5.41, 5.74) is 0. The molecule has 0 radical (unpaired) electrons. The Hall–Kier alpha value is 0.0600. The molecule has 0 amide bonds. The van der Waals surface area contributed by atoms with Crippen LogP contribution in [0.4, 0.5) is 8.78 Å². The Balaban J connectivity index is 4.45. The van der Waals surface area contributed by atoms with Crippen LogP contribution in [0.15, 0.2) is 0 Å². The van der Waals surface area contributed by atoms with E-state index in [4.69, 9.17) is 11.6 Å². The Bertz CT molecular complexity index is 256. The summed E-state index contributed by atoms with van der Waals surface area (Å²) in [6.07, 6.45) is 0.338. The lowest BCUT2D eigenvalue weighted by Gasteiger charge is -2.20. The molecule has 0 spiro atoms. The SMILES string of the molecule is CC(C)C(CCCl)NS(=O)(=O)C(F)F. The zero-order chi connectivity index (χ0) is 11.4.